The van der Waals surface area contributed by atoms with E-state index >= 15 is 0 Å². The predicted octanol–water partition coefficient (Wildman–Crippen LogP) is 1.79. The molecule has 3 rings (SSSR count). The summed E-state index contributed by atoms with van der Waals surface area (Å²) in [6, 6.07) is 0.134. The normalized spacial score (nSPS) is 23.7. The van der Waals surface area contributed by atoms with Gasteiger partial charge in [0, 0.05) is 43.0 Å². The van der Waals surface area contributed by atoms with Gasteiger partial charge >= 0.3 is 0 Å². The van der Waals surface area contributed by atoms with E-state index in [4.69, 9.17) is 10.7 Å². The summed E-state index contributed by atoms with van der Waals surface area (Å²) in [4.78, 5) is 11.1. The summed E-state index contributed by atoms with van der Waals surface area (Å²) in [6.45, 7) is 7.73. The lowest BCUT2D eigenvalue weighted by Gasteiger charge is -2.31. The molecule has 1 saturated carbocycles. The van der Waals surface area contributed by atoms with Gasteiger partial charge in [0.15, 0.2) is 0 Å². The number of nitrogens with zero attached hydrogens (tertiary/aromatic N) is 3. The van der Waals surface area contributed by atoms with E-state index in [2.05, 4.69) is 23.8 Å². The molecule has 1 unspecified atom stereocenters. The molecule has 19 heavy (non-hydrogen) atoms. The lowest BCUT2D eigenvalue weighted by Crippen LogP contribution is -2.43. The van der Waals surface area contributed by atoms with Crippen molar-refractivity contribution in [1.82, 2.24) is 14.8 Å². The van der Waals surface area contributed by atoms with Crippen molar-refractivity contribution < 1.29 is 0 Å². The minimum absolute atomic E-state index is 0.134. The van der Waals surface area contributed by atoms with Gasteiger partial charge in [-0.15, -0.1) is 11.3 Å². The Morgan fingerprint density at radius 3 is 2.58 bits per heavy atom. The SMILES string of the molecule is CC(N)c1sc(CN2CCN(C)CC2)nc1C1CC1. The zero-order valence-electron chi connectivity index (χ0n) is 11.9. The van der Waals surface area contributed by atoms with E-state index in [1.54, 1.807) is 0 Å². The highest BCUT2D eigenvalue weighted by Gasteiger charge is 2.31. The Balaban J connectivity index is 1.69. The van der Waals surface area contributed by atoms with E-state index in [0.717, 1.165) is 19.6 Å². The average Bonchev–Trinajstić information content (AvgIpc) is 3.13. The fraction of sp³-hybridized carbons (Fsp3) is 0.786. The molecule has 4 nitrogen and oxygen atoms in total. The average molecular weight is 280 g/mol. The van der Waals surface area contributed by atoms with Gasteiger partial charge in [0.25, 0.3) is 0 Å². The molecule has 106 valence electrons. The zero-order valence-corrected chi connectivity index (χ0v) is 12.7. The molecule has 0 radical (unpaired) electrons. The second kappa shape index (κ2) is 5.48. The van der Waals surface area contributed by atoms with Crippen molar-refractivity contribution in [2.75, 3.05) is 33.2 Å². The van der Waals surface area contributed by atoms with Gasteiger partial charge in [-0.2, -0.15) is 0 Å². The minimum Gasteiger partial charge on any atom is -0.323 e. The molecule has 5 heteroatoms. The molecule has 1 saturated heterocycles. The van der Waals surface area contributed by atoms with Crippen LogP contribution in [0.1, 0.15) is 47.3 Å². The summed E-state index contributed by atoms with van der Waals surface area (Å²) in [5, 5.41) is 1.26. The second-order valence-electron chi connectivity index (χ2n) is 6.00. The molecule has 2 N–H and O–H groups in total. The summed E-state index contributed by atoms with van der Waals surface area (Å²) in [5.41, 5.74) is 7.40. The fourth-order valence-corrected chi connectivity index (χ4v) is 3.78. The van der Waals surface area contributed by atoms with Crippen molar-refractivity contribution >= 4 is 11.3 Å². The van der Waals surface area contributed by atoms with Gasteiger partial charge in [0.05, 0.1) is 12.2 Å². The molecular formula is C14H24N4S. The molecule has 0 amide bonds. The van der Waals surface area contributed by atoms with E-state index in [0.29, 0.717) is 5.92 Å². The maximum absolute atomic E-state index is 6.09. The third-order valence-corrected chi connectivity index (χ3v) is 5.31. The van der Waals surface area contributed by atoms with E-state index in [-0.39, 0.29) is 6.04 Å². The van der Waals surface area contributed by atoms with Gasteiger partial charge in [-0.25, -0.2) is 4.98 Å². The minimum atomic E-state index is 0.134. The Labute approximate surface area is 119 Å². The van der Waals surface area contributed by atoms with Crippen LogP contribution in [0, 0.1) is 0 Å². The van der Waals surface area contributed by atoms with Crippen LogP contribution < -0.4 is 5.73 Å². The highest BCUT2D eigenvalue weighted by molar-refractivity contribution is 7.11. The Morgan fingerprint density at radius 1 is 1.32 bits per heavy atom. The lowest BCUT2D eigenvalue weighted by atomic mass is 10.2. The van der Waals surface area contributed by atoms with Gasteiger partial charge in [-0.05, 0) is 26.8 Å². The van der Waals surface area contributed by atoms with E-state index in [1.807, 2.05) is 11.3 Å². The van der Waals surface area contributed by atoms with Crippen LogP contribution in [0.2, 0.25) is 0 Å². The number of thiazole rings is 1. The van der Waals surface area contributed by atoms with Crippen molar-refractivity contribution in [3.8, 4) is 0 Å². The highest BCUT2D eigenvalue weighted by atomic mass is 32.1. The molecule has 1 aliphatic heterocycles. The molecule has 1 aromatic rings. The molecule has 2 heterocycles. The smallest absolute Gasteiger partial charge is 0.107 e. The largest absolute Gasteiger partial charge is 0.323 e. The first kappa shape index (κ1) is 13.5. The van der Waals surface area contributed by atoms with Crippen LogP contribution in [0.3, 0.4) is 0 Å². The summed E-state index contributed by atoms with van der Waals surface area (Å²) < 4.78 is 0. The van der Waals surface area contributed by atoms with E-state index < -0.39 is 0 Å². The van der Waals surface area contributed by atoms with Crippen LogP contribution in [0.15, 0.2) is 0 Å². The molecule has 1 atom stereocenters. The van der Waals surface area contributed by atoms with Crippen LogP contribution in [0.25, 0.3) is 0 Å². The fourth-order valence-electron chi connectivity index (χ4n) is 2.63. The van der Waals surface area contributed by atoms with Crippen LogP contribution in [0.5, 0.6) is 0 Å². The van der Waals surface area contributed by atoms with Crippen molar-refractivity contribution in [3.63, 3.8) is 0 Å². The molecule has 2 fully saturated rings. The molecule has 0 aromatic carbocycles. The zero-order chi connectivity index (χ0) is 13.4. The maximum atomic E-state index is 6.09. The molecular weight excluding hydrogens is 256 g/mol. The molecule has 0 bridgehead atoms. The third kappa shape index (κ3) is 3.16. The van der Waals surface area contributed by atoms with Crippen molar-refractivity contribution in [1.29, 1.82) is 0 Å². The Kier molecular flexibility index (Phi) is 3.89. The van der Waals surface area contributed by atoms with Gasteiger partial charge in [-0.1, -0.05) is 0 Å². The summed E-state index contributed by atoms with van der Waals surface area (Å²) in [7, 11) is 2.19. The van der Waals surface area contributed by atoms with Crippen LogP contribution in [-0.2, 0) is 6.54 Å². The van der Waals surface area contributed by atoms with Crippen LogP contribution >= 0.6 is 11.3 Å². The van der Waals surface area contributed by atoms with Crippen molar-refractivity contribution in [2.45, 2.75) is 38.3 Å². The highest BCUT2D eigenvalue weighted by Crippen LogP contribution is 2.44. The van der Waals surface area contributed by atoms with Crippen LogP contribution in [-0.4, -0.2) is 48.0 Å². The number of hydrogen-bond acceptors (Lipinski definition) is 5. The Hall–Kier alpha value is -0.490. The third-order valence-electron chi connectivity index (χ3n) is 4.06. The standard InChI is InChI=1S/C14H24N4S/c1-10(15)14-13(11-3-4-11)16-12(19-14)9-18-7-5-17(2)6-8-18/h10-11H,3-9,15H2,1-2H3. The lowest BCUT2D eigenvalue weighted by molar-refractivity contribution is 0.148. The van der Waals surface area contributed by atoms with Crippen molar-refractivity contribution in [2.24, 2.45) is 5.73 Å². The molecule has 0 spiro atoms. The topological polar surface area (TPSA) is 45.4 Å². The Morgan fingerprint density at radius 2 is 2.00 bits per heavy atom. The number of rotatable bonds is 4. The number of aromatic nitrogens is 1. The second-order valence-corrected chi connectivity index (χ2v) is 7.11. The van der Waals surface area contributed by atoms with Gasteiger partial charge in [-0.3, -0.25) is 4.90 Å². The van der Waals surface area contributed by atoms with E-state index in [1.165, 1.54) is 41.5 Å². The number of likely N-dealkylation sites (N-methyl/N-ethyl adjacent to an activating group) is 1. The molecule has 1 aromatic heterocycles. The first-order valence-electron chi connectivity index (χ1n) is 7.29. The molecule has 1 aliphatic carbocycles. The van der Waals surface area contributed by atoms with Gasteiger partial charge in [0.2, 0.25) is 0 Å². The van der Waals surface area contributed by atoms with Crippen LogP contribution in [0.4, 0.5) is 0 Å². The van der Waals surface area contributed by atoms with Crippen molar-refractivity contribution in [3.05, 3.63) is 15.6 Å². The summed E-state index contributed by atoms with van der Waals surface area (Å²) in [6.07, 6.45) is 2.61. The predicted molar refractivity (Wildman–Crippen MR) is 79.5 cm³/mol. The number of nitrogens with two attached hydrogens (primary N) is 1. The quantitative estimate of drug-likeness (QED) is 0.913. The maximum Gasteiger partial charge on any atom is 0.107 e. The van der Waals surface area contributed by atoms with Gasteiger partial charge in [0.1, 0.15) is 5.01 Å². The number of hydrogen-bond donors (Lipinski definition) is 1. The first-order chi connectivity index (χ1) is 9.13. The summed E-state index contributed by atoms with van der Waals surface area (Å²) >= 11 is 1.84. The first-order valence-corrected chi connectivity index (χ1v) is 8.11. The van der Waals surface area contributed by atoms with E-state index in [9.17, 15) is 0 Å². The van der Waals surface area contributed by atoms with Gasteiger partial charge < -0.3 is 10.6 Å². The Bertz CT molecular complexity index is 411. The monoisotopic (exact) mass is 280 g/mol. The molecule has 2 aliphatic rings. The summed E-state index contributed by atoms with van der Waals surface area (Å²) in [5.74, 6) is 0.707. The number of piperazine rings is 1.